The first-order valence-corrected chi connectivity index (χ1v) is 7.34. The maximum Gasteiger partial charge on any atom is 0.0897 e. The maximum atomic E-state index is 9.63. The second-order valence-corrected chi connectivity index (χ2v) is 5.75. The summed E-state index contributed by atoms with van der Waals surface area (Å²) in [5.41, 5.74) is 1.24. The van der Waals surface area contributed by atoms with Crippen LogP contribution in [-0.2, 0) is 39.1 Å². The quantitative estimate of drug-likeness (QED) is 0.832. The fourth-order valence-electron chi connectivity index (χ4n) is 2.80. The molecular weight excluding hydrogens is 351 g/mol. The summed E-state index contributed by atoms with van der Waals surface area (Å²) in [6.07, 6.45) is 3.87. The fraction of sp³-hybridized carbons (Fsp3) is 0.600. The Morgan fingerprint density at radius 1 is 1.35 bits per heavy atom. The molecule has 20 heavy (non-hydrogen) atoms. The summed E-state index contributed by atoms with van der Waals surface area (Å²) < 4.78 is 0. The molecule has 0 spiro atoms. The van der Waals surface area contributed by atoms with E-state index in [1.807, 2.05) is 18.2 Å². The van der Waals surface area contributed by atoms with Crippen LogP contribution in [-0.4, -0.2) is 47.0 Å². The van der Waals surface area contributed by atoms with E-state index < -0.39 is 6.10 Å². The molecule has 0 bridgehead atoms. The summed E-state index contributed by atoms with van der Waals surface area (Å²) >= 11 is 6.02. The molecule has 3 nitrogen and oxygen atoms in total. The molecule has 2 atom stereocenters. The van der Waals surface area contributed by atoms with Gasteiger partial charge in [0.2, 0.25) is 0 Å². The van der Waals surface area contributed by atoms with Crippen LogP contribution in [0.15, 0.2) is 24.3 Å². The Labute approximate surface area is 151 Å². The molecule has 1 radical (unpaired) electrons. The average Bonchev–Trinajstić information content (AvgIpc) is 2.41. The molecule has 0 amide bonds. The van der Waals surface area contributed by atoms with E-state index in [0.717, 1.165) is 24.4 Å². The Morgan fingerprint density at radius 2 is 2.15 bits per heavy atom. The van der Waals surface area contributed by atoms with Crippen molar-refractivity contribution in [3.05, 3.63) is 34.9 Å². The van der Waals surface area contributed by atoms with E-state index in [4.69, 9.17) is 16.7 Å². The minimum Gasteiger partial charge on any atom is -0.394 e. The molecule has 0 aliphatic carbocycles. The van der Waals surface area contributed by atoms with E-state index in [2.05, 4.69) is 11.0 Å². The molecule has 0 aromatic heterocycles. The molecular formula is C15H22ClNO2Y. The number of hydrogen-bond acceptors (Lipinski definition) is 3. The van der Waals surface area contributed by atoms with Gasteiger partial charge in [-0.25, -0.2) is 0 Å². The van der Waals surface area contributed by atoms with Crippen LogP contribution in [0.2, 0.25) is 5.02 Å². The van der Waals surface area contributed by atoms with Crippen LogP contribution in [0.1, 0.15) is 24.8 Å². The number of aliphatic hydroxyl groups is 2. The standard InChI is InChI=1S/C15H22ClNO2.Y/c16-13-5-3-4-12(8-13)9-14-6-1-2-7-17(14)10-15(19)11-18;/h3-5,8,14-15,18-19H,1-2,6-7,9-11H2;. The molecule has 1 aromatic carbocycles. The van der Waals surface area contributed by atoms with Gasteiger partial charge in [-0.15, -0.1) is 0 Å². The van der Waals surface area contributed by atoms with Gasteiger partial charge in [-0.3, -0.25) is 4.90 Å². The third-order valence-corrected chi connectivity index (χ3v) is 4.00. The molecule has 2 rings (SSSR count). The van der Waals surface area contributed by atoms with E-state index >= 15 is 0 Å². The van der Waals surface area contributed by atoms with Crippen molar-refractivity contribution in [3.8, 4) is 0 Å². The number of aliphatic hydroxyl groups excluding tert-OH is 2. The summed E-state index contributed by atoms with van der Waals surface area (Å²) in [6.45, 7) is 1.39. The SMILES string of the molecule is OCC(O)CN1CCCCC1Cc1cccc(Cl)c1.[Y]. The Hall–Kier alpha value is 0.494. The van der Waals surface area contributed by atoms with Crippen LogP contribution < -0.4 is 0 Å². The van der Waals surface area contributed by atoms with Gasteiger partial charge in [-0.2, -0.15) is 0 Å². The number of piperidine rings is 1. The first-order valence-electron chi connectivity index (χ1n) is 6.96. The molecule has 1 saturated heterocycles. The predicted molar refractivity (Wildman–Crippen MR) is 77.5 cm³/mol. The normalized spacial score (nSPS) is 21.2. The second-order valence-electron chi connectivity index (χ2n) is 5.31. The Kier molecular flexibility index (Phi) is 8.81. The third kappa shape index (κ3) is 5.71. The first-order chi connectivity index (χ1) is 9.19. The molecule has 109 valence electrons. The molecule has 1 fully saturated rings. The van der Waals surface area contributed by atoms with Gasteiger partial charge >= 0.3 is 0 Å². The summed E-state index contributed by atoms with van der Waals surface area (Å²) in [4.78, 5) is 2.30. The molecule has 1 aromatic rings. The summed E-state index contributed by atoms with van der Waals surface area (Å²) in [7, 11) is 0. The predicted octanol–water partition coefficient (Wildman–Crippen LogP) is 2.09. The minimum atomic E-state index is -0.639. The van der Waals surface area contributed by atoms with Crippen LogP contribution in [0.5, 0.6) is 0 Å². The van der Waals surface area contributed by atoms with Gasteiger partial charge in [-0.1, -0.05) is 30.2 Å². The van der Waals surface area contributed by atoms with Gasteiger partial charge in [0.05, 0.1) is 12.7 Å². The minimum absolute atomic E-state index is 0. The molecule has 1 heterocycles. The zero-order valence-corrected chi connectivity index (χ0v) is 15.3. The maximum absolute atomic E-state index is 9.63. The van der Waals surface area contributed by atoms with Gasteiger partial charge in [0.25, 0.3) is 0 Å². The van der Waals surface area contributed by atoms with E-state index in [9.17, 15) is 5.11 Å². The van der Waals surface area contributed by atoms with Crippen molar-refractivity contribution in [2.75, 3.05) is 19.7 Å². The van der Waals surface area contributed by atoms with Crippen molar-refractivity contribution in [2.24, 2.45) is 0 Å². The van der Waals surface area contributed by atoms with Crippen molar-refractivity contribution in [1.29, 1.82) is 0 Å². The monoisotopic (exact) mass is 372 g/mol. The third-order valence-electron chi connectivity index (χ3n) is 3.77. The van der Waals surface area contributed by atoms with Gasteiger partial charge in [-0.05, 0) is 43.5 Å². The Bertz CT molecular complexity index is 405. The van der Waals surface area contributed by atoms with E-state index in [1.165, 1.54) is 18.4 Å². The largest absolute Gasteiger partial charge is 0.394 e. The van der Waals surface area contributed by atoms with Crippen molar-refractivity contribution in [3.63, 3.8) is 0 Å². The number of hydrogen-bond donors (Lipinski definition) is 2. The number of rotatable bonds is 5. The number of likely N-dealkylation sites (tertiary alicyclic amines) is 1. The Balaban J connectivity index is 0.00000200. The summed E-state index contributed by atoms with van der Waals surface area (Å²) in [5.74, 6) is 0. The van der Waals surface area contributed by atoms with Gasteiger partial charge in [0.15, 0.2) is 0 Å². The van der Waals surface area contributed by atoms with Crippen LogP contribution >= 0.6 is 11.6 Å². The zero-order valence-electron chi connectivity index (χ0n) is 11.7. The zero-order chi connectivity index (χ0) is 13.7. The van der Waals surface area contributed by atoms with E-state index in [0.29, 0.717) is 12.6 Å². The van der Waals surface area contributed by atoms with E-state index in [-0.39, 0.29) is 39.3 Å². The van der Waals surface area contributed by atoms with Crippen LogP contribution in [0, 0.1) is 0 Å². The molecule has 1 aliphatic heterocycles. The second kappa shape index (κ2) is 9.50. The van der Waals surface area contributed by atoms with Crippen molar-refractivity contribution >= 4 is 11.6 Å². The number of nitrogens with zero attached hydrogens (tertiary/aromatic N) is 1. The van der Waals surface area contributed by atoms with Gasteiger partial charge in [0, 0.05) is 50.3 Å². The van der Waals surface area contributed by atoms with Crippen LogP contribution in [0.4, 0.5) is 0 Å². The number of benzene rings is 1. The van der Waals surface area contributed by atoms with Crippen LogP contribution in [0.3, 0.4) is 0 Å². The average molecular weight is 373 g/mol. The molecule has 2 unspecified atom stereocenters. The molecule has 1 aliphatic rings. The van der Waals surface area contributed by atoms with Crippen LogP contribution in [0.25, 0.3) is 0 Å². The van der Waals surface area contributed by atoms with Gasteiger partial charge in [0.1, 0.15) is 0 Å². The summed E-state index contributed by atoms with van der Waals surface area (Å²) in [5, 5.41) is 19.4. The van der Waals surface area contributed by atoms with E-state index in [1.54, 1.807) is 0 Å². The fourth-order valence-corrected chi connectivity index (χ4v) is 3.01. The van der Waals surface area contributed by atoms with Crippen molar-refractivity contribution < 1.29 is 42.9 Å². The molecule has 5 heteroatoms. The molecule has 2 N–H and O–H groups in total. The number of β-amino-alcohol motifs (C(OH)–C–C–N with tert-alkyl or cyclic N) is 1. The van der Waals surface area contributed by atoms with Gasteiger partial charge < -0.3 is 10.2 Å². The smallest absolute Gasteiger partial charge is 0.0897 e. The number of halogens is 1. The van der Waals surface area contributed by atoms with Crippen molar-refractivity contribution in [2.45, 2.75) is 37.8 Å². The van der Waals surface area contributed by atoms with Crippen molar-refractivity contribution in [1.82, 2.24) is 4.90 Å². The topological polar surface area (TPSA) is 43.7 Å². The summed E-state index contributed by atoms with van der Waals surface area (Å²) in [6, 6.07) is 8.42. The molecule has 0 saturated carbocycles. The first kappa shape index (κ1) is 18.5. The Morgan fingerprint density at radius 3 is 2.85 bits per heavy atom.